The lowest BCUT2D eigenvalue weighted by molar-refractivity contribution is 0.0398. The summed E-state index contributed by atoms with van der Waals surface area (Å²) in [6, 6.07) is 9.57. The number of methoxy groups -OCH3 is 1. The first kappa shape index (κ1) is 16.5. The highest BCUT2D eigenvalue weighted by molar-refractivity contribution is 5.58. The number of ether oxygens (including phenoxy) is 2. The molecule has 0 radical (unpaired) electrons. The Bertz CT molecular complexity index is 646. The van der Waals surface area contributed by atoms with Gasteiger partial charge in [-0.1, -0.05) is 6.07 Å². The van der Waals surface area contributed by atoms with Crippen molar-refractivity contribution in [2.45, 2.75) is 0 Å². The SMILES string of the molecule is COc1cccc(Nc2ccnc(NCCN3CCOCC3)n2)c1. The number of hydrogen-bond acceptors (Lipinski definition) is 7. The molecule has 0 aliphatic carbocycles. The summed E-state index contributed by atoms with van der Waals surface area (Å²) in [4.78, 5) is 11.1. The summed E-state index contributed by atoms with van der Waals surface area (Å²) in [7, 11) is 1.65. The van der Waals surface area contributed by atoms with E-state index in [1.165, 1.54) is 0 Å². The van der Waals surface area contributed by atoms with Crippen LogP contribution in [0, 0.1) is 0 Å². The lowest BCUT2D eigenvalue weighted by Crippen LogP contribution is -2.39. The van der Waals surface area contributed by atoms with Gasteiger partial charge in [-0.05, 0) is 18.2 Å². The average molecular weight is 329 g/mol. The third-order valence-corrected chi connectivity index (χ3v) is 3.81. The van der Waals surface area contributed by atoms with E-state index in [1.54, 1.807) is 13.3 Å². The molecule has 2 heterocycles. The van der Waals surface area contributed by atoms with Crippen molar-refractivity contribution in [3.05, 3.63) is 36.5 Å². The Morgan fingerprint density at radius 1 is 1.25 bits per heavy atom. The second-order valence-electron chi connectivity index (χ2n) is 5.50. The third-order valence-electron chi connectivity index (χ3n) is 3.81. The van der Waals surface area contributed by atoms with Gasteiger partial charge in [-0.25, -0.2) is 4.98 Å². The van der Waals surface area contributed by atoms with Crippen LogP contribution in [0.1, 0.15) is 0 Å². The van der Waals surface area contributed by atoms with Crippen molar-refractivity contribution in [1.29, 1.82) is 0 Å². The van der Waals surface area contributed by atoms with E-state index in [1.807, 2.05) is 30.3 Å². The number of anilines is 3. The van der Waals surface area contributed by atoms with Gasteiger partial charge in [0.2, 0.25) is 5.95 Å². The Labute approximate surface area is 142 Å². The van der Waals surface area contributed by atoms with Crippen LogP contribution in [0.5, 0.6) is 5.75 Å². The molecule has 3 rings (SSSR count). The second kappa shape index (κ2) is 8.47. The standard InChI is InChI=1S/C17H23N5O2/c1-23-15-4-2-3-14(13-15)20-16-5-6-18-17(21-16)19-7-8-22-9-11-24-12-10-22/h2-6,13H,7-12H2,1H3,(H2,18,19,20,21). The molecule has 2 aromatic rings. The van der Waals surface area contributed by atoms with Crippen molar-refractivity contribution < 1.29 is 9.47 Å². The molecule has 1 aromatic carbocycles. The highest BCUT2D eigenvalue weighted by Crippen LogP contribution is 2.20. The minimum atomic E-state index is 0.621. The molecule has 0 bridgehead atoms. The zero-order chi connectivity index (χ0) is 16.6. The highest BCUT2D eigenvalue weighted by Gasteiger charge is 2.09. The van der Waals surface area contributed by atoms with E-state index in [4.69, 9.17) is 9.47 Å². The lowest BCUT2D eigenvalue weighted by atomic mass is 10.3. The van der Waals surface area contributed by atoms with Gasteiger partial charge in [0.25, 0.3) is 0 Å². The normalized spacial score (nSPS) is 15.0. The molecular formula is C17H23N5O2. The van der Waals surface area contributed by atoms with Crippen LogP contribution in [0.15, 0.2) is 36.5 Å². The molecule has 24 heavy (non-hydrogen) atoms. The van der Waals surface area contributed by atoms with Crippen LogP contribution in [-0.4, -0.2) is 61.4 Å². The van der Waals surface area contributed by atoms with Gasteiger partial charge >= 0.3 is 0 Å². The van der Waals surface area contributed by atoms with Crippen molar-refractivity contribution in [3.8, 4) is 5.75 Å². The van der Waals surface area contributed by atoms with E-state index < -0.39 is 0 Å². The Balaban J connectivity index is 1.53. The van der Waals surface area contributed by atoms with Gasteiger partial charge in [0.1, 0.15) is 11.6 Å². The molecule has 128 valence electrons. The summed E-state index contributed by atoms with van der Waals surface area (Å²) < 4.78 is 10.6. The summed E-state index contributed by atoms with van der Waals surface area (Å²) in [5.74, 6) is 2.17. The van der Waals surface area contributed by atoms with Crippen molar-refractivity contribution >= 4 is 17.5 Å². The number of benzene rings is 1. The van der Waals surface area contributed by atoms with Crippen LogP contribution >= 0.6 is 0 Å². The van der Waals surface area contributed by atoms with Gasteiger partial charge < -0.3 is 20.1 Å². The zero-order valence-electron chi connectivity index (χ0n) is 13.9. The van der Waals surface area contributed by atoms with Gasteiger partial charge in [0, 0.05) is 44.1 Å². The van der Waals surface area contributed by atoms with E-state index >= 15 is 0 Å². The molecule has 0 spiro atoms. The molecule has 7 heteroatoms. The van der Waals surface area contributed by atoms with Gasteiger partial charge in [-0.15, -0.1) is 0 Å². The first-order chi connectivity index (χ1) is 11.8. The molecule has 1 aliphatic rings. The van der Waals surface area contributed by atoms with Crippen LogP contribution in [0.4, 0.5) is 17.5 Å². The number of nitrogens with one attached hydrogen (secondary N) is 2. The summed E-state index contributed by atoms with van der Waals surface area (Å²) in [6.07, 6.45) is 1.74. The van der Waals surface area contributed by atoms with E-state index in [0.29, 0.717) is 5.95 Å². The molecule has 2 N–H and O–H groups in total. The van der Waals surface area contributed by atoms with Crippen molar-refractivity contribution in [2.24, 2.45) is 0 Å². The fraction of sp³-hybridized carbons (Fsp3) is 0.412. The second-order valence-corrected chi connectivity index (χ2v) is 5.50. The Morgan fingerprint density at radius 2 is 2.12 bits per heavy atom. The highest BCUT2D eigenvalue weighted by atomic mass is 16.5. The zero-order valence-corrected chi connectivity index (χ0v) is 13.9. The monoisotopic (exact) mass is 329 g/mol. The fourth-order valence-corrected chi connectivity index (χ4v) is 2.51. The molecule has 0 saturated carbocycles. The lowest BCUT2D eigenvalue weighted by Gasteiger charge is -2.26. The Kier molecular flexibility index (Phi) is 5.81. The molecule has 1 aromatic heterocycles. The molecule has 0 unspecified atom stereocenters. The Morgan fingerprint density at radius 3 is 2.96 bits per heavy atom. The van der Waals surface area contributed by atoms with Crippen molar-refractivity contribution in [3.63, 3.8) is 0 Å². The van der Waals surface area contributed by atoms with Crippen molar-refractivity contribution in [2.75, 3.05) is 57.1 Å². The predicted octanol–water partition coefficient (Wildman–Crippen LogP) is 1.97. The minimum absolute atomic E-state index is 0.621. The maximum absolute atomic E-state index is 5.35. The van der Waals surface area contributed by atoms with Crippen LogP contribution in [0.3, 0.4) is 0 Å². The summed E-state index contributed by atoms with van der Waals surface area (Å²) in [5, 5.41) is 6.53. The largest absolute Gasteiger partial charge is 0.497 e. The molecule has 1 fully saturated rings. The van der Waals surface area contributed by atoms with E-state index in [-0.39, 0.29) is 0 Å². The molecule has 7 nitrogen and oxygen atoms in total. The molecule has 0 atom stereocenters. The smallest absolute Gasteiger partial charge is 0.224 e. The summed E-state index contributed by atoms with van der Waals surface area (Å²) in [5.41, 5.74) is 0.923. The number of morpholine rings is 1. The van der Waals surface area contributed by atoms with Crippen LogP contribution in [-0.2, 0) is 4.74 Å². The van der Waals surface area contributed by atoms with Crippen LogP contribution < -0.4 is 15.4 Å². The van der Waals surface area contributed by atoms with E-state index in [9.17, 15) is 0 Å². The number of aromatic nitrogens is 2. The number of rotatable bonds is 7. The molecule has 1 saturated heterocycles. The maximum atomic E-state index is 5.35. The summed E-state index contributed by atoms with van der Waals surface area (Å²) >= 11 is 0. The summed E-state index contributed by atoms with van der Waals surface area (Å²) in [6.45, 7) is 5.37. The Hall–Kier alpha value is -2.38. The molecular weight excluding hydrogens is 306 g/mol. The van der Waals surface area contributed by atoms with Gasteiger partial charge in [-0.3, -0.25) is 4.90 Å². The van der Waals surface area contributed by atoms with E-state index in [0.717, 1.165) is 56.6 Å². The average Bonchev–Trinajstić information content (AvgIpc) is 2.63. The van der Waals surface area contributed by atoms with Gasteiger partial charge in [0.05, 0.1) is 20.3 Å². The third kappa shape index (κ3) is 4.81. The topological polar surface area (TPSA) is 71.5 Å². The predicted molar refractivity (Wildman–Crippen MR) is 94.1 cm³/mol. The van der Waals surface area contributed by atoms with Gasteiger partial charge in [-0.2, -0.15) is 4.98 Å². The van der Waals surface area contributed by atoms with Crippen LogP contribution in [0.25, 0.3) is 0 Å². The quantitative estimate of drug-likeness (QED) is 0.804. The minimum Gasteiger partial charge on any atom is -0.497 e. The van der Waals surface area contributed by atoms with Crippen molar-refractivity contribution in [1.82, 2.24) is 14.9 Å². The molecule has 0 amide bonds. The van der Waals surface area contributed by atoms with E-state index in [2.05, 4.69) is 25.5 Å². The first-order valence-electron chi connectivity index (χ1n) is 8.11. The van der Waals surface area contributed by atoms with Crippen LogP contribution in [0.2, 0.25) is 0 Å². The van der Waals surface area contributed by atoms with Gasteiger partial charge in [0.15, 0.2) is 0 Å². The molecule has 1 aliphatic heterocycles. The maximum Gasteiger partial charge on any atom is 0.224 e. The fourth-order valence-electron chi connectivity index (χ4n) is 2.51. The number of hydrogen-bond donors (Lipinski definition) is 2. The number of nitrogens with zero attached hydrogens (tertiary/aromatic N) is 3. The first-order valence-corrected chi connectivity index (χ1v) is 8.11.